The number of pyridine rings is 1. The van der Waals surface area contributed by atoms with Gasteiger partial charge in [-0.2, -0.15) is 0 Å². The smallest absolute Gasteiger partial charge is 0.232 e. The third-order valence-corrected chi connectivity index (χ3v) is 3.01. The molecule has 0 fully saturated rings. The largest absolute Gasteiger partial charge is 0.320 e. The van der Waals surface area contributed by atoms with Crippen LogP contribution >= 0.6 is 0 Å². The van der Waals surface area contributed by atoms with Crippen LogP contribution in [0.3, 0.4) is 0 Å². The molecule has 0 radical (unpaired) electrons. The number of nitrogens with zero attached hydrogens (tertiary/aromatic N) is 1. The standard InChI is InChI=1S/C17H17N3O/c1-13(14-7-3-2-4-8-14)17(21)20-16-11-5-9-15(19-16)10-6-12-18/h2-5,7-9,11,13H,12,18H2,1H3,(H,19,20,21). The van der Waals surface area contributed by atoms with Crippen molar-refractivity contribution in [2.75, 3.05) is 11.9 Å². The minimum atomic E-state index is -0.244. The molecule has 2 rings (SSSR count). The Labute approximate surface area is 124 Å². The second kappa shape index (κ2) is 7.22. The van der Waals surface area contributed by atoms with Gasteiger partial charge in [-0.15, -0.1) is 0 Å². The van der Waals surface area contributed by atoms with Crippen molar-refractivity contribution >= 4 is 11.7 Å². The van der Waals surface area contributed by atoms with Crippen LogP contribution in [0.2, 0.25) is 0 Å². The van der Waals surface area contributed by atoms with Gasteiger partial charge in [0, 0.05) is 0 Å². The Balaban J connectivity index is 2.09. The molecule has 2 aromatic rings. The summed E-state index contributed by atoms with van der Waals surface area (Å²) in [6.45, 7) is 2.14. The highest BCUT2D eigenvalue weighted by Gasteiger charge is 2.15. The van der Waals surface area contributed by atoms with E-state index in [-0.39, 0.29) is 18.4 Å². The molecule has 1 heterocycles. The van der Waals surface area contributed by atoms with Crippen molar-refractivity contribution in [2.45, 2.75) is 12.8 Å². The van der Waals surface area contributed by atoms with Crippen LogP contribution in [0.15, 0.2) is 48.5 Å². The quantitative estimate of drug-likeness (QED) is 0.846. The fourth-order valence-corrected chi connectivity index (χ4v) is 1.84. The summed E-state index contributed by atoms with van der Waals surface area (Å²) in [5.41, 5.74) is 6.88. The number of carbonyl (C=O) groups is 1. The van der Waals surface area contributed by atoms with Crippen LogP contribution in [0.5, 0.6) is 0 Å². The summed E-state index contributed by atoms with van der Waals surface area (Å²) in [6.07, 6.45) is 0. The van der Waals surface area contributed by atoms with E-state index < -0.39 is 0 Å². The van der Waals surface area contributed by atoms with Gasteiger partial charge in [0.1, 0.15) is 11.5 Å². The third kappa shape index (κ3) is 4.16. The molecular weight excluding hydrogens is 262 g/mol. The first kappa shape index (κ1) is 14.8. The molecule has 0 bridgehead atoms. The Morgan fingerprint density at radius 3 is 2.71 bits per heavy atom. The van der Waals surface area contributed by atoms with Gasteiger partial charge in [-0.3, -0.25) is 4.79 Å². The lowest BCUT2D eigenvalue weighted by Gasteiger charge is -2.12. The molecule has 1 aromatic carbocycles. The van der Waals surface area contributed by atoms with Gasteiger partial charge < -0.3 is 11.1 Å². The number of carbonyl (C=O) groups excluding carboxylic acids is 1. The molecule has 4 nitrogen and oxygen atoms in total. The van der Waals surface area contributed by atoms with E-state index >= 15 is 0 Å². The Bertz CT molecular complexity index is 671. The summed E-state index contributed by atoms with van der Waals surface area (Å²) in [4.78, 5) is 16.5. The summed E-state index contributed by atoms with van der Waals surface area (Å²) < 4.78 is 0. The monoisotopic (exact) mass is 279 g/mol. The number of nitrogens with two attached hydrogens (primary N) is 1. The number of hydrogen-bond donors (Lipinski definition) is 2. The van der Waals surface area contributed by atoms with Crippen molar-refractivity contribution in [3.05, 3.63) is 59.8 Å². The van der Waals surface area contributed by atoms with Gasteiger partial charge in [0.25, 0.3) is 0 Å². The van der Waals surface area contributed by atoms with Crippen molar-refractivity contribution in [3.63, 3.8) is 0 Å². The van der Waals surface area contributed by atoms with Crippen molar-refractivity contribution in [1.82, 2.24) is 4.98 Å². The van der Waals surface area contributed by atoms with Gasteiger partial charge in [0.05, 0.1) is 12.5 Å². The predicted octanol–water partition coefficient (Wildman–Crippen LogP) is 2.13. The molecule has 21 heavy (non-hydrogen) atoms. The van der Waals surface area contributed by atoms with Gasteiger partial charge in [-0.05, 0) is 30.5 Å². The maximum Gasteiger partial charge on any atom is 0.232 e. The topological polar surface area (TPSA) is 68.0 Å². The van der Waals surface area contributed by atoms with E-state index in [1.54, 1.807) is 18.2 Å². The van der Waals surface area contributed by atoms with Gasteiger partial charge in [-0.25, -0.2) is 4.98 Å². The average molecular weight is 279 g/mol. The van der Waals surface area contributed by atoms with Gasteiger partial charge in [0.2, 0.25) is 5.91 Å². The number of anilines is 1. The summed E-state index contributed by atoms with van der Waals surface area (Å²) >= 11 is 0. The molecule has 1 amide bonds. The van der Waals surface area contributed by atoms with Gasteiger partial charge in [-0.1, -0.05) is 42.3 Å². The Morgan fingerprint density at radius 1 is 1.24 bits per heavy atom. The molecule has 0 saturated carbocycles. The van der Waals surface area contributed by atoms with Crippen LogP contribution in [0.1, 0.15) is 24.1 Å². The highest BCUT2D eigenvalue weighted by molar-refractivity contribution is 5.94. The first-order valence-corrected chi connectivity index (χ1v) is 6.72. The van der Waals surface area contributed by atoms with Crippen LogP contribution in [-0.2, 0) is 4.79 Å². The molecule has 0 spiro atoms. The highest BCUT2D eigenvalue weighted by atomic mass is 16.1. The lowest BCUT2D eigenvalue weighted by molar-refractivity contribution is -0.117. The lowest BCUT2D eigenvalue weighted by Crippen LogP contribution is -2.19. The Morgan fingerprint density at radius 2 is 2.00 bits per heavy atom. The number of nitrogens with one attached hydrogen (secondary N) is 1. The normalized spacial score (nSPS) is 11.1. The number of aromatic nitrogens is 1. The maximum absolute atomic E-state index is 12.2. The summed E-state index contributed by atoms with van der Waals surface area (Å²) in [5.74, 6) is 5.73. The first-order valence-electron chi connectivity index (χ1n) is 6.72. The number of amides is 1. The molecule has 3 N–H and O–H groups in total. The fraction of sp³-hybridized carbons (Fsp3) is 0.176. The van der Waals surface area contributed by atoms with Gasteiger partial charge in [0.15, 0.2) is 0 Å². The SMILES string of the molecule is CC(C(=O)Nc1cccc(C#CCN)n1)c1ccccc1. The summed E-state index contributed by atoms with van der Waals surface area (Å²) in [5, 5.41) is 2.81. The summed E-state index contributed by atoms with van der Waals surface area (Å²) in [7, 11) is 0. The van der Waals surface area contributed by atoms with Crippen LogP contribution in [0.4, 0.5) is 5.82 Å². The minimum Gasteiger partial charge on any atom is -0.320 e. The fourth-order valence-electron chi connectivity index (χ4n) is 1.84. The Hall–Kier alpha value is -2.64. The second-order valence-corrected chi connectivity index (χ2v) is 4.54. The highest BCUT2D eigenvalue weighted by Crippen LogP contribution is 2.16. The van der Waals surface area contributed by atoms with Crippen molar-refractivity contribution in [3.8, 4) is 11.8 Å². The van der Waals surface area contributed by atoms with E-state index in [0.717, 1.165) is 5.56 Å². The Kier molecular flexibility index (Phi) is 5.08. The van der Waals surface area contributed by atoms with Crippen LogP contribution in [0.25, 0.3) is 0 Å². The van der Waals surface area contributed by atoms with E-state index in [2.05, 4.69) is 22.1 Å². The number of hydrogen-bond acceptors (Lipinski definition) is 3. The molecule has 106 valence electrons. The van der Waals surface area contributed by atoms with E-state index in [0.29, 0.717) is 11.5 Å². The van der Waals surface area contributed by atoms with Gasteiger partial charge >= 0.3 is 0 Å². The zero-order valence-electron chi connectivity index (χ0n) is 11.8. The molecule has 0 aliphatic heterocycles. The van der Waals surface area contributed by atoms with Crippen LogP contribution in [0, 0.1) is 11.8 Å². The average Bonchev–Trinajstić information content (AvgIpc) is 2.53. The maximum atomic E-state index is 12.2. The second-order valence-electron chi connectivity index (χ2n) is 4.54. The van der Waals surface area contributed by atoms with Crippen molar-refractivity contribution in [2.24, 2.45) is 5.73 Å². The first-order chi connectivity index (χ1) is 10.2. The summed E-state index contributed by atoms with van der Waals surface area (Å²) in [6, 6.07) is 14.9. The third-order valence-electron chi connectivity index (χ3n) is 3.01. The minimum absolute atomic E-state index is 0.0994. The molecule has 0 saturated heterocycles. The lowest BCUT2D eigenvalue weighted by atomic mass is 10.0. The molecule has 1 unspecified atom stereocenters. The number of rotatable bonds is 3. The van der Waals surface area contributed by atoms with Crippen molar-refractivity contribution in [1.29, 1.82) is 0 Å². The molecule has 0 aliphatic carbocycles. The molecule has 1 atom stereocenters. The zero-order chi connectivity index (χ0) is 15.1. The van der Waals surface area contributed by atoms with Crippen LogP contribution < -0.4 is 11.1 Å². The van der Waals surface area contributed by atoms with E-state index in [9.17, 15) is 4.79 Å². The van der Waals surface area contributed by atoms with E-state index in [1.807, 2.05) is 37.3 Å². The van der Waals surface area contributed by atoms with Crippen LogP contribution in [-0.4, -0.2) is 17.4 Å². The zero-order valence-corrected chi connectivity index (χ0v) is 11.8. The molecule has 1 aromatic heterocycles. The van der Waals surface area contributed by atoms with E-state index in [1.165, 1.54) is 0 Å². The van der Waals surface area contributed by atoms with E-state index in [4.69, 9.17) is 5.73 Å². The predicted molar refractivity (Wildman–Crippen MR) is 83.7 cm³/mol. The molecular formula is C17H17N3O. The number of benzene rings is 1. The molecule has 0 aliphatic rings. The van der Waals surface area contributed by atoms with Crippen molar-refractivity contribution < 1.29 is 4.79 Å². The molecule has 4 heteroatoms.